The number of hydrogen-bond donors (Lipinski definition) is 2. The summed E-state index contributed by atoms with van der Waals surface area (Å²) in [6, 6.07) is 4.93. The molecule has 1 aromatic heterocycles. The molecule has 0 spiro atoms. The monoisotopic (exact) mass is 326 g/mol. The van der Waals surface area contributed by atoms with Crippen molar-refractivity contribution in [3.63, 3.8) is 0 Å². The third-order valence-corrected chi connectivity index (χ3v) is 3.59. The molecule has 5 nitrogen and oxygen atoms in total. The summed E-state index contributed by atoms with van der Waals surface area (Å²) >= 11 is 12.0. The fourth-order valence-electron chi connectivity index (χ4n) is 1.95. The fourth-order valence-corrected chi connectivity index (χ4v) is 2.52. The third-order valence-electron chi connectivity index (χ3n) is 3.03. The summed E-state index contributed by atoms with van der Waals surface area (Å²) in [7, 11) is 0. The Hall–Kier alpha value is -1.56. The molecule has 0 aliphatic carbocycles. The molecular weight excluding hydrogens is 311 g/mol. The summed E-state index contributed by atoms with van der Waals surface area (Å²) in [5, 5.41) is 3.93. The van der Waals surface area contributed by atoms with Gasteiger partial charge in [-0.1, -0.05) is 29.3 Å². The number of nitrogens with one attached hydrogen (secondary N) is 1. The zero-order valence-electron chi connectivity index (χ0n) is 11.5. The van der Waals surface area contributed by atoms with Crippen molar-refractivity contribution in [3.05, 3.63) is 52.0 Å². The number of rotatable bonds is 5. The molecule has 1 unspecified atom stereocenters. The highest BCUT2D eigenvalue weighted by atomic mass is 35.5. The van der Waals surface area contributed by atoms with Crippen molar-refractivity contribution in [2.45, 2.75) is 19.5 Å². The Morgan fingerprint density at radius 3 is 2.90 bits per heavy atom. The Bertz CT molecular complexity index is 642. The molecule has 1 atom stereocenters. The molecule has 2 rings (SSSR count). The normalized spacial score (nSPS) is 12.2. The Kier molecular flexibility index (Phi) is 5.22. The van der Waals surface area contributed by atoms with Gasteiger partial charge in [-0.25, -0.2) is 4.98 Å². The highest BCUT2D eigenvalue weighted by Crippen LogP contribution is 2.26. The first kappa shape index (κ1) is 15.8. The maximum atomic E-state index is 12.1. The first-order chi connectivity index (χ1) is 10.0. The van der Waals surface area contributed by atoms with E-state index in [4.69, 9.17) is 28.9 Å². The van der Waals surface area contributed by atoms with Crippen molar-refractivity contribution in [3.8, 4) is 0 Å². The van der Waals surface area contributed by atoms with E-state index in [0.29, 0.717) is 28.8 Å². The average Bonchev–Trinajstić information content (AvgIpc) is 2.87. The van der Waals surface area contributed by atoms with Gasteiger partial charge >= 0.3 is 0 Å². The molecule has 0 saturated carbocycles. The lowest BCUT2D eigenvalue weighted by Gasteiger charge is -2.15. The van der Waals surface area contributed by atoms with Crippen molar-refractivity contribution in [2.75, 3.05) is 6.54 Å². The van der Waals surface area contributed by atoms with Crippen LogP contribution in [0.3, 0.4) is 0 Å². The van der Waals surface area contributed by atoms with E-state index in [0.717, 1.165) is 5.56 Å². The molecule has 21 heavy (non-hydrogen) atoms. The number of imidazole rings is 1. The van der Waals surface area contributed by atoms with Crippen molar-refractivity contribution >= 4 is 29.1 Å². The van der Waals surface area contributed by atoms with Gasteiger partial charge in [0.15, 0.2) is 0 Å². The number of nitrogens with two attached hydrogens (primary N) is 1. The Labute approximate surface area is 133 Å². The average molecular weight is 327 g/mol. The first-order valence-corrected chi connectivity index (χ1v) is 7.24. The lowest BCUT2D eigenvalue weighted by Crippen LogP contribution is -2.27. The molecule has 0 bridgehead atoms. The number of hydrogen-bond acceptors (Lipinski definition) is 3. The van der Waals surface area contributed by atoms with Gasteiger partial charge in [0.05, 0.1) is 12.4 Å². The van der Waals surface area contributed by atoms with E-state index in [9.17, 15) is 4.79 Å². The third kappa shape index (κ3) is 3.97. The molecule has 1 amide bonds. The number of carbonyl (C=O) groups is 1. The van der Waals surface area contributed by atoms with Gasteiger partial charge in [-0.05, 0) is 24.6 Å². The number of aromatic nitrogens is 2. The number of carbonyl (C=O) groups excluding carboxylic acids is 1. The molecular formula is C14H16Cl2N4O. The Balaban J connectivity index is 2.07. The minimum atomic E-state index is -0.260. The van der Waals surface area contributed by atoms with E-state index >= 15 is 0 Å². The predicted octanol–water partition coefficient (Wildman–Crippen LogP) is 2.64. The van der Waals surface area contributed by atoms with E-state index in [1.807, 2.05) is 6.92 Å². The minimum Gasteiger partial charge on any atom is -0.344 e. The van der Waals surface area contributed by atoms with Gasteiger partial charge < -0.3 is 15.6 Å². The van der Waals surface area contributed by atoms with E-state index in [-0.39, 0.29) is 11.9 Å². The molecule has 112 valence electrons. The van der Waals surface area contributed by atoms with Crippen LogP contribution in [0.25, 0.3) is 0 Å². The van der Waals surface area contributed by atoms with Crippen molar-refractivity contribution in [1.82, 2.24) is 14.9 Å². The second kappa shape index (κ2) is 6.93. The second-order valence-corrected chi connectivity index (χ2v) is 5.49. The number of benzene rings is 1. The van der Waals surface area contributed by atoms with Crippen LogP contribution in [0, 0.1) is 0 Å². The van der Waals surface area contributed by atoms with E-state index < -0.39 is 0 Å². The molecule has 7 heteroatoms. The van der Waals surface area contributed by atoms with Crippen molar-refractivity contribution < 1.29 is 4.79 Å². The highest BCUT2D eigenvalue weighted by Gasteiger charge is 2.16. The molecule has 0 saturated heterocycles. The van der Waals surface area contributed by atoms with Crippen molar-refractivity contribution in [2.24, 2.45) is 5.73 Å². The van der Waals surface area contributed by atoms with Crippen LogP contribution >= 0.6 is 23.2 Å². The summed E-state index contributed by atoms with van der Waals surface area (Å²) in [4.78, 5) is 16.2. The van der Waals surface area contributed by atoms with Crippen LogP contribution in [0.4, 0.5) is 0 Å². The number of nitrogens with zero attached hydrogens (tertiary/aromatic N) is 2. The standard InChI is InChI=1S/C14H16Cl2N4O/c1-9(11-3-2-10(15)6-12(11)16)19-14(21)13-7-20(5-4-17)8-18-13/h2-3,6-9H,4-5,17H2,1H3,(H,19,21). The molecule has 0 radical (unpaired) electrons. The second-order valence-electron chi connectivity index (χ2n) is 4.65. The molecule has 2 aromatic rings. The van der Waals surface area contributed by atoms with E-state index in [2.05, 4.69) is 10.3 Å². The quantitative estimate of drug-likeness (QED) is 0.887. The maximum absolute atomic E-state index is 12.1. The summed E-state index contributed by atoms with van der Waals surface area (Å²) in [6.45, 7) is 2.97. The predicted molar refractivity (Wildman–Crippen MR) is 83.6 cm³/mol. The minimum absolute atomic E-state index is 0.248. The van der Waals surface area contributed by atoms with E-state index in [1.54, 1.807) is 35.3 Å². The number of amides is 1. The summed E-state index contributed by atoms with van der Waals surface area (Å²) < 4.78 is 1.77. The van der Waals surface area contributed by atoms with Gasteiger partial charge in [0.1, 0.15) is 5.69 Å². The van der Waals surface area contributed by atoms with Gasteiger partial charge in [0.2, 0.25) is 0 Å². The zero-order valence-corrected chi connectivity index (χ0v) is 13.0. The van der Waals surface area contributed by atoms with Gasteiger partial charge in [-0.3, -0.25) is 4.79 Å². The Morgan fingerprint density at radius 1 is 1.48 bits per heavy atom. The van der Waals surface area contributed by atoms with Gasteiger partial charge in [-0.2, -0.15) is 0 Å². The molecule has 0 aliphatic heterocycles. The summed E-state index contributed by atoms with van der Waals surface area (Å²) in [5.74, 6) is -0.260. The number of halogens is 2. The first-order valence-electron chi connectivity index (χ1n) is 6.49. The molecule has 0 aliphatic rings. The fraction of sp³-hybridized carbons (Fsp3) is 0.286. The maximum Gasteiger partial charge on any atom is 0.271 e. The topological polar surface area (TPSA) is 72.9 Å². The summed E-state index contributed by atoms with van der Waals surface area (Å²) in [6.07, 6.45) is 3.25. The largest absolute Gasteiger partial charge is 0.344 e. The van der Waals surface area contributed by atoms with Gasteiger partial charge in [0, 0.05) is 29.3 Å². The molecule has 1 heterocycles. The van der Waals surface area contributed by atoms with Crippen LogP contribution in [-0.4, -0.2) is 22.0 Å². The zero-order chi connectivity index (χ0) is 15.4. The van der Waals surface area contributed by atoms with Crippen LogP contribution in [-0.2, 0) is 6.54 Å². The molecule has 1 aromatic carbocycles. The van der Waals surface area contributed by atoms with Crippen LogP contribution in [0.2, 0.25) is 10.0 Å². The van der Waals surface area contributed by atoms with Crippen LogP contribution in [0.15, 0.2) is 30.7 Å². The SMILES string of the molecule is CC(NC(=O)c1cn(CCN)cn1)c1ccc(Cl)cc1Cl. The van der Waals surface area contributed by atoms with Gasteiger partial charge in [0.25, 0.3) is 5.91 Å². The van der Waals surface area contributed by atoms with Crippen LogP contribution < -0.4 is 11.1 Å². The van der Waals surface area contributed by atoms with E-state index in [1.165, 1.54) is 0 Å². The summed E-state index contributed by atoms with van der Waals surface area (Å²) in [5.41, 5.74) is 6.61. The van der Waals surface area contributed by atoms with Crippen molar-refractivity contribution in [1.29, 1.82) is 0 Å². The highest BCUT2D eigenvalue weighted by molar-refractivity contribution is 6.35. The lowest BCUT2D eigenvalue weighted by atomic mass is 10.1. The van der Waals surface area contributed by atoms with Crippen LogP contribution in [0.1, 0.15) is 29.0 Å². The Morgan fingerprint density at radius 2 is 2.24 bits per heavy atom. The molecule has 3 N–H and O–H groups in total. The van der Waals surface area contributed by atoms with Gasteiger partial charge in [-0.15, -0.1) is 0 Å². The smallest absolute Gasteiger partial charge is 0.271 e. The van der Waals surface area contributed by atoms with Crippen LogP contribution in [0.5, 0.6) is 0 Å². The lowest BCUT2D eigenvalue weighted by molar-refractivity contribution is 0.0935. The molecule has 0 fully saturated rings.